The molecule has 4 nitrogen and oxygen atoms in total. The molecular formula is C124H116N2O2. The van der Waals surface area contributed by atoms with Gasteiger partial charge in [0.05, 0.1) is 10.8 Å². The number of fused-ring (bicyclic) bond motifs is 12. The van der Waals surface area contributed by atoms with Crippen molar-refractivity contribution in [3.05, 3.63) is 465 Å². The van der Waals surface area contributed by atoms with Crippen molar-refractivity contribution in [3.8, 4) is 67.5 Å². The third kappa shape index (κ3) is 14.4. The molecule has 0 saturated heterocycles. The van der Waals surface area contributed by atoms with Crippen LogP contribution in [0.2, 0.25) is 0 Å². The summed E-state index contributed by atoms with van der Waals surface area (Å²) in [6.45, 7) is 32.9. The summed E-state index contributed by atoms with van der Waals surface area (Å²) in [4.78, 5) is 4.94. The maximum Gasteiger partial charge on any atom is 0.127 e. The van der Waals surface area contributed by atoms with Crippen molar-refractivity contribution in [2.24, 2.45) is 23.7 Å². The Labute approximate surface area is 759 Å². The molecule has 4 aliphatic carbocycles. The summed E-state index contributed by atoms with van der Waals surface area (Å²) in [5, 5.41) is 0. The maximum absolute atomic E-state index is 6.92. The van der Waals surface area contributed by atoms with Gasteiger partial charge in [-0.05, 0) is 322 Å². The number of aryl methyl sites for hydroxylation is 1. The van der Waals surface area contributed by atoms with Crippen LogP contribution < -0.4 is 19.3 Å². The lowest BCUT2D eigenvalue weighted by Crippen LogP contribution is -2.29. The summed E-state index contributed by atoms with van der Waals surface area (Å²) in [5.74, 6) is 6.56. The minimum absolute atomic E-state index is 0.154. The van der Waals surface area contributed by atoms with Crippen molar-refractivity contribution >= 4 is 34.1 Å². The van der Waals surface area contributed by atoms with Crippen molar-refractivity contribution in [1.29, 1.82) is 0 Å². The zero-order chi connectivity index (χ0) is 88.1. The SMILES string of the molecule is Cc1ccc(C2(c3ccc(Oc4ccc(C(CC(C)C)C(C)Cc5ccc6c(c5)C(C)(C)c5cc(N(c7ccccc7)c7ccc8c(c7)C(c7ccc(Oc9ccc(C(CC(C)C)C(C)C)cc9)cc7)(c7ccc(C(C)C)cc7)c7ccccc7-8)ccc5-6)cc4)cc3)c3ccccc3-c3ccc(N(c4ccccc4)c4ccc5c(c4)C(C)(C)c4ccccc4-5)cc32)cc1. The smallest absolute Gasteiger partial charge is 0.127 e. The van der Waals surface area contributed by atoms with E-state index in [1.54, 1.807) is 0 Å². The first kappa shape index (κ1) is 83.0. The number of nitrogens with zero attached hydrogens (tertiary/aromatic N) is 2. The van der Waals surface area contributed by atoms with Crippen molar-refractivity contribution in [2.45, 2.75) is 156 Å². The molecule has 128 heavy (non-hydrogen) atoms. The average molecular weight is 1670 g/mol. The number of anilines is 6. The topological polar surface area (TPSA) is 24.9 Å². The fourth-order valence-electron chi connectivity index (χ4n) is 22.6. The van der Waals surface area contributed by atoms with Crippen LogP contribution in [0.15, 0.2) is 370 Å². The molecule has 5 unspecified atom stereocenters. The van der Waals surface area contributed by atoms with E-state index in [9.17, 15) is 0 Å². The predicted molar refractivity (Wildman–Crippen MR) is 536 cm³/mol. The minimum Gasteiger partial charge on any atom is -0.457 e. The second-order valence-corrected chi connectivity index (χ2v) is 39.5. The van der Waals surface area contributed by atoms with Crippen LogP contribution in [0.1, 0.15) is 215 Å². The average Bonchev–Trinajstić information content (AvgIpc) is 1.54. The van der Waals surface area contributed by atoms with E-state index in [1.807, 2.05) is 0 Å². The Kier molecular flexibility index (Phi) is 21.5. The van der Waals surface area contributed by atoms with E-state index >= 15 is 0 Å². The number of rotatable bonds is 25. The molecule has 5 atom stereocenters. The molecule has 0 saturated carbocycles. The summed E-state index contributed by atoms with van der Waals surface area (Å²) in [5.41, 5.74) is 37.1. The highest BCUT2D eigenvalue weighted by atomic mass is 16.5. The third-order valence-corrected chi connectivity index (χ3v) is 29.1. The summed E-state index contributed by atoms with van der Waals surface area (Å²) >= 11 is 0. The number of ether oxygens (including phenoxy) is 2. The largest absolute Gasteiger partial charge is 0.457 e. The lowest BCUT2D eigenvalue weighted by molar-refractivity contribution is 0.383. The van der Waals surface area contributed by atoms with E-state index in [-0.39, 0.29) is 10.8 Å². The van der Waals surface area contributed by atoms with Gasteiger partial charge in [0.15, 0.2) is 0 Å². The first-order valence-corrected chi connectivity index (χ1v) is 46.7. The molecule has 4 aliphatic rings. The van der Waals surface area contributed by atoms with E-state index in [2.05, 4.69) is 477 Å². The molecule has 0 bridgehead atoms. The van der Waals surface area contributed by atoms with Crippen LogP contribution in [0.25, 0.3) is 44.5 Å². The van der Waals surface area contributed by atoms with E-state index in [0.717, 1.165) is 76.4 Å². The zero-order valence-corrected chi connectivity index (χ0v) is 76.6. The van der Waals surface area contributed by atoms with Crippen molar-refractivity contribution in [1.82, 2.24) is 0 Å². The fourth-order valence-corrected chi connectivity index (χ4v) is 22.6. The molecule has 634 valence electrons. The molecule has 16 aromatic rings. The Balaban J connectivity index is 0.576. The molecule has 0 aliphatic heterocycles. The Bertz CT molecular complexity index is 6800. The van der Waals surface area contributed by atoms with Gasteiger partial charge in [-0.1, -0.05) is 344 Å². The Morgan fingerprint density at radius 2 is 0.562 bits per heavy atom. The van der Waals surface area contributed by atoms with Gasteiger partial charge < -0.3 is 19.3 Å². The molecule has 16 aromatic carbocycles. The van der Waals surface area contributed by atoms with Gasteiger partial charge in [-0.3, -0.25) is 0 Å². The Hall–Kier alpha value is -13.3. The van der Waals surface area contributed by atoms with Crippen LogP contribution >= 0.6 is 0 Å². The minimum atomic E-state index is -0.657. The highest BCUT2D eigenvalue weighted by Gasteiger charge is 2.49. The highest BCUT2D eigenvalue weighted by Crippen LogP contribution is 2.62. The summed E-state index contributed by atoms with van der Waals surface area (Å²) in [7, 11) is 0. The van der Waals surface area contributed by atoms with Crippen LogP contribution in [-0.2, 0) is 28.1 Å². The van der Waals surface area contributed by atoms with E-state index in [0.29, 0.717) is 41.4 Å². The summed E-state index contributed by atoms with van der Waals surface area (Å²) in [6.07, 6.45) is 3.20. The van der Waals surface area contributed by atoms with Gasteiger partial charge in [-0.15, -0.1) is 0 Å². The number of benzene rings is 16. The molecule has 0 radical (unpaired) electrons. The summed E-state index contributed by atoms with van der Waals surface area (Å²) < 4.78 is 13.6. The van der Waals surface area contributed by atoms with Gasteiger partial charge in [0.2, 0.25) is 0 Å². The maximum atomic E-state index is 6.92. The van der Waals surface area contributed by atoms with Crippen LogP contribution in [0, 0.1) is 30.6 Å². The van der Waals surface area contributed by atoms with Crippen LogP contribution in [0.5, 0.6) is 23.0 Å². The van der Waals surface area contributed by atoms with Gasteiger partial charge >= 0.3 is 0 Å². The first-order valence-electron chi connectivity index (χ1n) is 46.7. The van der Waals surface area contributed by atoms with Gasteiger partial charge in [0.25, 0.3) is 0 Å². The molecule has 20 rings (SSSR count). The molecule has 4 heteroatoms. The van der Waals surface area contributed by atoms with Gasteiger partial charge in [-0.2, -0.15) is 0 Å². The monoisotopic (exact) mass is 1660 g/mol. The van der Waals surface area contributed by atoms with E-state index in [4.69, 9.17) is 9.47 Å². The van der Waals surface area contributed by atoms with Crippen molar-refractivity contribution < 1.29 is 9.47 Å². The molecule has 0 spiro atoms. The second kappa shape index (κ2) is 33.2. The fraction of sp³-hybridized carbons (Fsp3) is 0.226. The molecule has 0 aromatic heterocycles. The molecule has 0 amide bonds. The molecular weight excluding hydrogens is 1550 g/mol. The van der Waals surface area contributed by atoms with Gasteiger partial charge in [0, 0.05) is 45.0 Å². The first-order chi connectivity index (χ1) is 62.0. The van der Waals surface area contributed by atoms with Crippen molar-refractivity contribution in [2.75, 3.05) is 9.80 Å². The van der Waals surface area contributed by atoms with Crippen LogP contribution in [0.3, 0.4) is 0 Å². The van der Waals surface area contributed by atoms with Crippen molar-refractivity contribution in [3.63, 3.8) is 0 Å². The number of para-hydroxylation sites is 2. The Morgan fingerprint density at radius 3 is 0.969 bits per heavy atom. The summed E-state index contributed by atoms with van der Waals surface area (Å²) in [6, 6.07) is 140. The van der Waals surface area contributed by atoms with E-state index in [1.165, 1.54) is 139 Å². The predicted octanol–water partition coefficient (Wildman–Crippen LogP) is 33.8. The second-order valence-electron chi connectivity index (χ2n) is 39.5. The lowest BCUT2D eigenvalue weighted by atomic mass is 9.67. The lowest BCUT2D eigenvalue weighted by Gasteiger charge is -2.35. The third-order valence-electron chi connectivity index (χ3n) is 29.1. The quantitative estimate of drug-likeness (QED) is 0.0569. The Morgan fingerprint density at radius 1 is 0.258 bits per heavy atom. The number of hydrogen-bond acceptors (Lipinski definition) is 4. The van der Waals surface area contributed by atoms with Crippen LogP contribution in [0.4, 0.5) is 34.1 Å². The standard InChI is InChI=1S/C124H116N2O2/c1-79(2)71-111(82(7)8)87-42-58-99(59-43-87)127-101-64-52-92(53-65-101)124(90-48-40-86(41-49-90)81(5)6)115-36-26-23-33-105(115)110-70-57-98(78-120(110)124)126(94-29-19-16-20-30-94)96-55-68-108-106-66-39-85(74-116(106)122(13,14)118(108)76-96)73-84(10)112(72-80(3)4)88-44-60-100(61-45-88)128-102-62-50-91(51-63-102)123(89-46-37-83(9)38-47-89)114-35-25-22-32-104(114)109-69-56-97(77-119(109)123)125(93-27-17-15-18-28-93)95-54-67-107-103-31-21-24-34-113(103)121(11,12)117(107)75-95/h15-70,74-82,84,111-112H,71-73H2,1-14H3. The van der Waals surface area contributed by atoms with Gasteiger partial charge in [-0.25, -0.2) is 0 Å². The molecule has 0 N–H and O–H groups in total. The van der Waals surface area contributed by atoms with Gasteiger partial charge in [0.1, 0.15) is 23.0 Å². The normalized spacial score (nSPS) is 16.4. The van der Waals surface area contributed by atoms with E-state index < -0.39 is 10.8 Å². The number of hydrogen-bond donors (Lipinski definition) is 0. The van der Waals surface area contributed by atoms with Crippen LogP contribution in [-0.4, -0.2) is 0 Å². The molecule has 0 heterocycles. The molecule has 0 fully saturated rings. The zero-order valence-electron chi connectivity index (χ0n) is 76.6. The highest BCUT2D eigenvalue weighted by molar-refractivity contribution is 5.94.